The third-order valence-corrected chi connectivity index (χ3v) is 10.0. The van der Waals surface area contributed by atoms with Gasteiger partial charge < -0.3 is 0 Å². The molecule has 0 saturated heterocycles. The minimum atomic E-state index is 0.259. The number of thiophene rings is 3. The maximum Gasteiger partial charge on any atom is 0.116 e. The number of hydrogen-bond donors (Lipinski definition) is 0. The normalized spacial score (nSPS) is 13.8. The highest BCUT2D eigenvalue weighted by Crippen LogP contribution is 2.37. The van der Waals surface area contributed by atoms with E-state index in [9.17, 15) is 0 Å². The number of pyridine rings is 1. The average Bonchev–Trinajstić information content (AvgIpc) is 3.60. The Morgan fingerprint density at radius 3 is 2.36 bits per heavy atom. The summed E-state index contributed by atoms with van der Waals surface area (Å²) in [5.41, 5.74) is 4.46. The first-order chi connectivity index (χ1) is 17.5. The highest BCUT2D eigenvalue weighted by atomic mass is 32.1. The first-order valence-corrected chi connectivity index (χ1v) is 14.8. The van der Waals surface area contributed by atoms with E-state index in [1.807, 2.05) is 35.1 Å². The summed E-state index contributed by atoms with van der Waals surface area (Å²) in [5, 5.41) is 13.6. The van der Waals surface area contributed by atoms with Crippen LogP contribution in [-0.4, -0.2) is 25.1 Å². The molecule has 0 spiro atoms. The number of rotatable bonds is 7. The van der Waals surface area contributed by atoms with Crippen molar-refractivity contribution in [2.45, 2.75) is 58.3 Å². The first kappa shape index (κ1) is 23.6. The molecule has 6 aromatic rings. The summed E-state index contributed by atoms with van der Waals surface area (Å²) in [7, 11) is 0. The van der Waals surface area contributed by atoms with E-state index in [1.54, 1.807) is 17.7 Å². The lowest BCUT2D eigenvalue weighted by Crippen LogP contribution is -2.01. The zero-order valence-corrected chi connectivity index (χ0v) is 23.2. The van der Waals surface area contributed by atoms with Crippen molar-refractivity contribution in [3.05, 3.63) is 75.2 Å². The van der Waals surface area contributed by atoms with Crippen molar-refractivity contribution in [3.63, 3.8) is 0 Å². The van der Waals surface area contributed by atoms with Crippen LogP contribution < -0.4 is 0 Å². The van der Waals surface area contributed by atoms with Crippen molar-refractivity contribution in [2.24, 2.45) is 0 Å². The molecule has 6 heterocycles. The molecular formula is C28H27N5S3. The number of fused-ring (bicyclic) bond motifs is 3. The van der Waals surface area contributed by atoms with Gasteiger partial charge in [-0.3, -0.25) is 4.98 Å². The van der Waals surface area contributed by atoms with E-state index in [0.717, 1.165) is 29.7 Å². The second-order valence-electron chi connectivity index (χ2n) is 9.81. The quantitative estimate of drug-likeness (QED) is 0.209. The van der Waals surface area contributed by atoms with Crippen molar-refractivity contribution in [1.82, 2.24) is 25.1 Å². The van der Waals surface area contributed by atoms with E-state index in [2.05, 4.69) is 77.5 Å². The van der Waals surface area contributed by atoms with Gasteiger partial charge in [-0.05, 0) is 53.8 Å². The van der Waals surface area contributed by atoms with Gasteiger partial charge in [0.05, 0.1) is 42.9 Å². The Kier molecular flexibility index (Phi) is 6.27. The Balaban J connectivity index is 1.27. The van der Waals surface area contributed by atoms with E-state index in [-0.39, 0.29) is 5.92 Å². The lowest BCUT2D eigenvalue weighted by atomic mass is 10.0. The van der Waals surface area contributed by atoms with Gasteiger partial charge in [0.2, 0.25) is 0 Å². The molecule has 6 rings (SSSR count). The largest absolute Gasteiger partial charge is 0.259 e. The topological polar surface area (TPSA) is 64.5 Å². The molecule has 0 fully saturated rings. The molecule has 8 heteroatoms. The van der Waals surface area contributed by atoms with Gasteiger partial charge in [-0.2, -0.15) is 10.2 Å². The molecule has 2 unspecified atom stereocenters. The van der Waals surface area contributed by atoms with E-state index in [1.165, 1.54) is 40.3 Å². The third kappa shape index (κ3) is 4.31. The monoisotopic (exact) mass is 529 g/mol. The first-order valence-electron chi connectivity index (χ1n) is 12.3. The average molecular weight is 530 g/mol. The Hall–Kier alpha value is -2.81. The Morgan fingerprint density at radius 2 is 1.53 bits per heavy atom. The van der Waals surface area contributed by atoms with Gasteiger partial charge in [0.1, 0.15) is 6.33 Å². The van der Waals surface area contributed by atoms with Crippen LogP contribution in [0.5, 0.6) is 0 Å². The minimum Gasteiger partial charge on any atom is -0.259 e. The summed E-state index contributed by atoms with van der Waals surface area (Å²) in [5.74, 6) is 0.986. The highest BCUT2D eigenvalue weighted by molar-refractivity contribution is 7.19. The molecule has 0 aliphatic carbocycles. The van der Waals surface area contributed by atoms with Gasteiger partial charge >= 0.3 is 0 Å². The van der Waals surface area contributed by atoms with Gasteiger partial charge in [0, 0.05) is 33.2 Å². The Bertz CT molecular complexity index is 1680. The predicted molar refractivity (Wildman–Crippen MR) is 153 cm³/mol. The summed E-state index contributed by atoms with van der Waals surface area (Å²) in [4.78, 5) is 16.5. The van der Waals surface area contributed by atoms with Gasteiger partial charge in [-0.25, -0.2) is 9.97 Å². The lowest BCUT2D eigenvalue weighted by Gasteiger charge is -2.11. The van der Waals surface area contributed by atoms with E-state index >= 15 is 0 Å². The van der Waals surface area contributed by atoms with Gasteiger partial charge in [0.15, 0.2) is 0 Å². The fraction of sp³-hybridized carbons (Fsp3) is 0.321. The van der Waals surface area contributed by atoms with Crippen molar-refractivity contribution >= 4 is 64.4 Å². The zero-order chi connectivity index (χ0) is 24.8. The maximum atomic E-state index is 4.74. The standard InChI is InChI=1S/C28H27N5S3/c1-15(2)23-28-22(30-14-31-23)12-21(36-28)10-17(4)25-27-19(13-32-33-25)11-20(35-27)9-16(3)24-26-18(5-7-29-24)6-8-34-26/h5-8,11-17H,9-10H2,1-4H3. The third-order valence-electron chi connectivity index (χ3n) is 6.69. The second kappa shape index (κ2) is 9.57. The molecule has 36 heavy (non-hydrogen) atoms. The molecule has 2 atom stereocenters. The predicted octanol–water partition coefficient (Wildman–Crippen LogP) is 8.12. The SMILES string of the molecule is CC(C)c1ncnc2cc(CC(C)c3nncc4cc(CC(C)c5nccc6ccsc56)sc34)sc12. The second-order valence-corrected chi connectivity index (χ2v) is 13.0. The molecule has 0 saturated carbocycles. The summed E-state index contributed by atoms with van der Waals surface area (Å²) < 4.78 is 3.77. The van der Waals surface area contributed by atoms with Crippen LogP contribution in [0.1, 0.15) is 72.3 Å². The zero-order valence-electron chi connectivity index (χ0n) is 20.7. The highest BCUT2D eigenvalue weighted by Gasteiger charge is 2.20. The summed E-state index contributed by atoms with van der Waals surface area (Å²) in [6.07, 6.45) is 7.40. The molecule has 0 aliphatic heterocycles. The Labute approximate surface area is 222 Å². The molecule has 0 aliphatic rings. The molecule has 0 N–H and O–H groups in total. The Morgan fingerprint density at radius 1 is 0.750 bits per heavy atom. The number of hydrogen-bond acceptors (Lipinski definition) is 8. The molecule has 0 amide bonds. The molecule has 0 bridgehead atoms. The van der Waals surface area contributed by atoms with Crippen molar-refractivity contribution < 1.29 is 0 Å². The fourth-order valence-electron chi connectivity index (χ4n) is 4.87. The van der Waals surface area contributed by atoms with Crippen LogP contribution >= 0.6 is 34.0 Å². The molecule has 0 radical (unpaired) electrons. The van der Waals surface area contributed by atoms with E-state index < -0.39 is 0 Å². The summed E-state index contributed by atoms with van der Waals surface area (Å²) >= 11 is 5.46. The smallest absolute Gasteiger partial charge is 0.116 e. The molecule has 0 aromatic carbocycles. The van der Waals surface area contributed by atoms with Gasteiger partial charge in [-0.1, -0.05) is 27.7 Å². The van der Waals surface area contributed by atoms with Crippen molar-refractivity contribution in [2.75, 3.05) is 0 Å². The van der Waals surface area contributed by atoms with Crippen LogP contribution in [0.25, 0.3) is 30.4 Å². The van der Waals surface area contributed by atoms with Gasteiger partial charge in [0.25, 0.3) is 0 Å². The van der Waals surface area contributed by atoms with Crippen LogP contribution in [0.15, 0.2) is 48.4 Å². The van der Waals surface area contributed by atoms with Crippen LogP contribution in [0.4, 0.5) is 0 Å². The van der Waals surface area contributed by atoms with E-state index in [4.69, 9.17) is 4.98 Å². The molecule has 6 aromatic heterocycles. The molecule has 182 valence electrons. The van der Waals surface area contributed by atoms with Crippen LogP contribution in [0.2, 0.25) is 0 Å². The van der Waals surface area contributed by atoms with Gasteiger partial charge in [-0.15, -0.1) is 34.0 Å². The van der Waals surface area contributed by atoms with Crippen LogP contribution in [0.3, 0.4) is 0 Å². The minimum absolute atomic E-state index is 0.259. The fourth-order valence-corrected chi connectivity index (χ4v) is 8.60. The van der Waals surface area contributed by atoms with E-state index in [0.29, 0.717) is 11.8 Å². The number of nitrogens with zero attached hydrogens (tertiary/aromatic N) is 5. The van der Waals surface area contributed by atoms with Crippen molar-refractivity contribution in [3.8, 4) is 0 Å². The summed E-state index contributed by atoms with van der Waals surface area (Å²) in [6.45, 7) is 8.91. The van der Waals surface area contributed by atoms with Crippen LogP contribution in [0, 0.1) is 0 Å². The summed E-state index contributed by atoms with van der Waals surface area (Å²) in [6, 6.07) is 8.78. The van der Waals surface area contributed by atoms with Crippen LogP contribution in [-0.2, 0) is 12.8 Å². The molecule has 5 nitrogen and oxygen atoms in total. The molecular weight excluding hydrogens is 503 g/mol. The maximum absolute atomic E-state index is 4.74. The van der Waals surface area contributed by atoms with Crippen molar-refractivity contribution in [1.29, 1.82) is 0 Å². The lowest BCUT2D eigenvalue weighted by molar-refractivity contribution is 0.729. The number of aromatic nitrogens is 5.